The van der Waals surface area contributed by atoms with Crippen LogP contribution in [0.5, 0.6) is 5.75 Å². The van der Waals surface area contributed by atoms with Crippen molar-refractivity contribution in [3.05, 3.63) is 63.9 Å². The first-order chi connectivity index (χ1) is 11.6. The molecule has 0 atom stereocenters. The van der Waals surface area contributed by atoms with Gasteiger partial charge in [-0.05, 0) is 67.2 Å². The zero-order chi connectivity index (χ0) is 17.1. The van der Waals surface area contributed by atoms with Crippen molar-refractivity contribution in [2.24, 2.45) is 0 Å². The fraction of sp³-hybridized carbons (Fsp3) is 0.333. The summed E-state index contributed by atoms with van der Waals surface area (Å²) in [6.45, 7) is 1.57. The van der Waals surface area contributed by atoms with Gasteiger partial charge in [-0.2, -0.15) is 0 Å². The largest absolute Gasteiger partial charge is 0.484 e. The molecule has 0 spiro atoms. The van der Waals surface area contributed by atoms with E-state index in [1.165, 1.54) is 24.3 Å². The van der Waals surface area contributed by atoms with Gasteiger partial charge in [0.05, 0.1) is 5.02 Å². The maximum atomic E-state index is 13.8. The number of piperidine rings is 1. The summed E-state index contributed by atoms with van der Waals surface area (Å²) in [4.78, 5) is 0. The minimum Gasteiger partial charge on any atom is -0.484 e. The number of hydrogen-bond donors (Lipinski definition) is 1. The van der Waals surface area contributed by atoms with Gasteiger partial charge in [0.15, 0.2) is 23.2 Å². The molecular formula is C18H17ClF3NO. The average Bonchev–Trinajstić information content (AvgIpc) is 2.58. The van der Waals surface area contributed by atoms with Crippen molar-refractivity contribution in [1.29, 1.82) is 0 Å². The van der Waals surface area contributed by atoms with Gasteiger partial charge in [0.1, 0.15) is 6.61 Å². The summed E-state index contributed by atoms with van der Waals surface area (Å²) in [7, 11) is 0. The normalized spacial score (nSPS) is 15.5. The fourth-order valence-electron chi connectivity index (χ4n) is 3.01. The van der Waals surface area contributed by atoms with Crippen LogP contribution >= 0.6 is 11.6 Å². The molecule has 1 N–H and O–H groups in total. The van der Waals surface area contributed by atoms with Gasteiger partial charge in [0, 0.05) is 0 Å². The van der Waals surface area contributed by atoms with Crippen LogP contribution in [0.1, 0.15) is 29.9 Å². The second-order valence-corrected chi connectivity index (χ2v) is 6.24. The van der Waals surface area contributed by atoms with Gasteiger partial charge in [0.2, 0.25) is 0 Å². The molecule has 1 heterocycles. The standard InChI is InChI=1S/C18H17ClF3NO/c19-14-2-1-3-15(20)18(14)24-10-12-8-16(21)17(22)9-13(12)11-4-6-23-7-5-11/h1-3,8-9,11,23H,4-7,10H2. The summed E-state index contributed by atoms with van der Waals surface area (Å²) >= 11 is 5.93. The Morgan fingerprint density at radius 3 is 2.46 bits per heavy atom. The number of ether oxygens (including phenoxy) is 1. The van der Waals surface area contributed by atoms with Crippen LogP contribution in [0, 0.1) is 17.5 Å². The van der Waals surface area contributed by atoms with Crippen molar-refractivity contribution >= 4 is 11.6 Å². The van der Waals surface area contributed by atoms with E-state index >= 15 is 0 Å². The van der Waals surface area contributed by atoms with E-state index < -0.39 is 17.5 Å². The highest BCUT2D eigenvalue weighted by Crippen LogP contribution is 2.32. The van der Waals surface area contributed by atoms with E-state index in [0.717, 1.165) is 32.0 Å². The fourth-order valence-corrected chi connectivity index (χ4v) is 3.23. The van der Waals surface area contributed by atoms with E-state index in [9.17, 15) is 13.2 Å². The van der Waals surface area contributed by atoms with E-state index in [4.69, 9.17) is 16.3 Å². The van der Waals surface area contributed by atoms with E-state index in [0.29, 0.717) is 11.1 Å². The van der Waals surface area contributed by atoms with Crippen LogP contribution in [0.2, 0.25) is 5.02 Å². The molecule has 0 amide bonds. The zero-order valence-corrected chi connectivity index (χ0v) is 13.7. The third kappa shape index (κ3) is 3.68. The summed E-state index contributed by atoms with van der Waals surface area (Å²) in [5, 5.41) is 3.38. The number of rotatable bonds is 4. The maximum Gasteiger partial charge on any atom is 0.174 e. The summed E-state index contributed by atoms with van der Waals surface area (Å²) < 4.78 is 46.6. The van der Waals surface area contributed by atoms with E-state index in [1.54, 1.807) is 0 Å². The number of halogens is 4. The Kier molecular flexibility index (Phi) is 5.31. The highest BCUT2D eigenvalue weighted by atomic mass is 35.5. The molecule has 6 heteroatoms. The van der Waals surface area contributed by atoms with E-state index in [-0.39, 0.29) is 23.3 Å². The number of hydrogen-bond acceptors (Lipinski definition) is 2. The smallest absolute Gasteiger partial charge is 0.174 e. The van der Waals surface area contributed by atoms with Gasteiger partial charge in [0.25, 0.3) is 0 Å². The SMILES string of the molecule is Fc1cc(COc2c(F)cccc2Cl)c(C2CCNCC2)cc1F. The van der Waals surface area contributed by atoms with Crippen LogP contribution in [0.15, 0.2) is 30.3 Å². The van der Waals surface area contributed by atoms with Gasteiger partial charge >= 0.3 is 0 Å². The highest BCUT2D eigenvalue weighted by molar-refractivity contribution is 6.32. The quantitative estimate of drug-likeness (QED) is 0.850. The van der Waals surface area contributed by atoms with Gasteiger partial charge in [-0.15, -0.1) is 0 Å². The predicted octanol–water partition coefficient (Wildman–Crippen LogP) is 4.80. The summed E-state index contributed by atoms with van der Waals surface area (Å²) in [6.07, 6.45) is 1.66. The third-order valence-electron chi connectivity index (χ3n) is 4.25. The molecule has 24 heavy (non-hydrogen) atoms. The molecular weight excluding hydrogens is 339 g/mol. The minimum absolute atomic E-state index is 0.0723. The Morgan fingerprint density at radius 2 is 1.75 bits per heavy atom. The van der Waals surface area contributed by atoms with Crippen LogP contribution in [0.25, 0.3) is 0 Å². The third-order valence-corrected chi connectivity index (χ3v) is 4.55. The number of benzene rings is 2. The lowest BCUT2D eigenvalue weighted by molar-refractivity contribution is 0.286. The van der Waals surface area contributed by atoms with Gasteiger partial charge < -0.3 is 10.1 Å². The molecule has 1 saturated heterocycles. The first kappa shape index (κ1) is 17.1. The molecule has 2 nitrogen and oxygen atoms in total. The Morgan fingerprint density at radius 1 is 1.04 bits per heavy atom. The summed E-state index contributed by atoms with van der Waals surface area (Å²) in [5.74, 6) is -2.37. The van der Waals surface area contributed by atoms with Crippen LogP contribution < -0.4 is 10.1 Å². The first-order valence-corrected chi connectivity index (χ1v) is 8.19. The van der Waals surface area contributed by atoms with Crippen molar-refractivity contribution in [1.82, 2.24) is 5.32 Å². The monoisotopic (exact) mass is 355 g/mol. The van der Waals surface area contributed by atoms with Crippen LogP contribution in [0.3, 0.4) is 0 Å². The van der Waals surface area contributed by atoms with Crippen molar-refractivity contribution in [3.8, 4) is 5.75 Å². The molecule has 1 aliphatic heterocycles. The molecule has 0 saturated carbocycles. The second kappa shape index (κ2) is 7.45. The van der Waals surface area contributed by atoms with Crippen molar-refractivity contribution in [2.45, 2.75) is 25.4 Å². The Bertz CT molecular complexity index is 712. The molecule has 0 radical (unpaired) electrons. The minimum atomic E-state index is -0.939. The van der Waals surface area contributed by atoms with Gasteiger partial charge in [-0.25, -0.2) is 13.2 Å². The number of nitrogens with one attached hydrogen (secondary N) is 1. The summed E-state index contributed by atoms with van der Waals surface area (Å²) in [6, 6.07) is 6.58. The lowest BCUT2D eigenvalue weighted by Crippen LogP contribution is -2.27. The van der Waals surface area contributed by atoms with E-state index in [2.05, 4.69) is 5.32 Å². The topological polar surface area (TPSA) is 21.3 Å². The van der Waals surface area contributed by atoms with Crippen LogP contribution in [-0.4, -0.2) is 13.1 Å². The molecule has 2 aromatic rings. The molecule has 0 bridgehead atoms. The van der Waals surface area contributed by atoms with Crippen LogP contribution in [-0.2, 0) is 6.61 Å². The van der Waals surface area contributed by atoms with E-state index in [1.807, 2.05) is 0 Å². The van der Waals surface area contributed by atoms with Crippen molar-refractivity contribution < 1.29 is 17.9 Å². The Balaban J connectivity index is 1.87. The lowest BCUT2D eigenvalue weighted by atomic mass is 9.87. The first-order valence-electron chi connectivity index (χ1n) is 7.81. The average molecular weight is 356 g/mol. The molecule has 3 rings (SSSR count). The molecule has 128 valence electrons. The second-order valence-electron chi connectivity index (χ2n) is 5.83. The molecule has 1 aliphatic rings. The number of para-hydroxylation sites is 1. The predicted molar refractivity (Wildman–Crippen MR) is 86.9 cm³/mol. The van der Waals surface area contributed by atoms with Crippen LogP contribution in [0.4, 0.5) is 13.2 Å². The summed E-state index contributed by atoms with van der Waals surface area (Å²) in [5.41, 5.74) is 1.22. The Hall–Kier alpha value is -1.72. The molecule has 1 fully saturated rings. The van der Waals surface area contributed by atoms with Gasteiger partial charge in [-0.1, -0.05) is 17.7 Å². The zero-order valence-electron chi connectivity index (χ0n) is 12.9. The van der Waals surface area contributed by atoms with Crippen molar-refractivity contribution in [2.75, 3.05) is 13.1 Å². The Labute approximate surface area is 143 Å². The van der Waals surface area contributed by atoms with Crippen molar-refractivity contribution in [3.63, 3.8) is 0 Å². The molecule has 0 unspecified atom stereocenters. The molecule has 0 aliphatic carbocycles. The highest BCUT2D eigenvalue weighted by Gasteiger charge is 2.21. The maximum absolute atomic E-state index is 13.8. The lowest BCUT2D eigenvalue weighted by Gasteiger charge is -2.25. The molecule has 2 aromatic carbocycles. The van der Waals surface area contributed by atoms with Gasteiger partial charge in [-0.3, -0.25) is 0 Å². The molecule has 0 aromatic heterocycles.